The second-order valence-electron chi connectivity index (χ2n) is 2.92. The lowest BCUT2D eigenvalue weighted by Crippen LogP contribution is -2.02. The molecule has 1 aromatic rings. The standard InChI is InChI=1S/C9H11N3O2/c1-4-5-7-8(9(13)11-14)6(2)10-12(7)3/h4H,1,5H2,2-3H3. The van der Waals surface area contributed by atoms with Crippen LogP contribution in [-0.2, 0) is 13.5 Å². The van der Waals surface area contributed by atoms with Gasteiger partial charge in [-0.05, 0) is 6.92 Å². The first-order valence-corrected chi connectivity index (χ1v) is 4.12. The summed E-state index contributed by atoms with van der Waals surface area (Å²) >= 11 is 0. The summed E-state index contributed by atoms with van der Waals surface area (Å²) in [5.74, 6) is -0.771. The highest BCUT2D eigenvalue weighted by Crippen LogP contribution is 2.15. The molecule has 5 nitrogen and oxygen atoms in total. The van der Waals surface area contributed by atoms with Gasteiger partial charge in [-0.1, -0.05) is 6.08 Å². The van der Waals surface area contributed by atoms with Crippen LogP contribution in [0.1, 0.15) is 21.7 Å². The molecule has 1 amide bonds. The van der Waals surface area contributed by atoms with Crippen molar-refractivity contribution < 1.29 is 4.79 Å². The van der Waals surface area contributed by atoms with Crippen molar-refractivity contribution in [3.05, 3.63) is 34.5 Å². The summed E-state index contributed by atoms with van der Waals surface area (Å²) in [5.41, 5.74) is 1.48. The highest BCUT2D eigenvalue weighted by Gasteiger charge is 2.19. The Morgan fingerprint density at radius 3 is 2.86 bits per heavy atom. The topological polar surface area (TPSA) is 64.3 Å². The normalized spacial score (nSPS) is 9.86. The summed E-state index contributed by atoms with van der Waals surface area (Å²) in [6.07, 6.45) is 2.14. The van der Waals surface area contributed by atoms with E-state index in [9.17, 15) is 9.70 Å². The zero-order valence-electron chi connectivity index (χ0n) is 8.15. The van der Waals surface area contributed by atoms with Crippen LogP contribution in [0.5, 0.6) is 0 Å². The van der Waals surface area contributed by atoms with Crippen LogP contribution in [0.4, 0.5) is 0 Å². The summed E-state index contributed by atoms with van der Waals surface area (Å²) in [6, 6.07) is 0. The number of allylic oxidation sites excluding steroid dienone is 1. The number of hydrogen-bond acceptors (Lipinski definition) is 3. The van der Waals surface area contributed by atoms with Gasteiger partial charge in [0, 0.05) is 18.6 Å². The van der Waals surface area contributed by atoms with E-state index in [1.54, 1.807) is 24.7 Å². The molecule has 0 fully saturated rings. The van der Waals surface area contributed by atoms with Gasteiger partial charge < -0.3 is 0 Å². The molecule has 0 aliphatic heterocycles. The van der Waals surface area contributed by atoms with Crippen LogP contribution in [0.3, 0.4) is 0 Å². The van der Waals surface area contributed by atoms with Crippen molar-refractivity contribution >= 4 is 5.91 Å². The number of amides is 1. The third-order valence-electron chi connectivity index (χ3n) is 1.98. The molecule has 1 aromatic heterocycles. The first kappa shape index (κ1) is 10.3. The second-order valence-corrected chi connectivity index (χ2v) is 2.92. The highest BCUT2D eigenvalue weighted by atomic mass is 16.3. The summed E-state index contributed by atoms with van der Waals surface area (Å²) in [7, 11) is 1.72. The molecule has 0 spiro atoms. The molecule has 0 aliphatic carbocycles. The minimum Gasteiger partial charge on any atom is -0.271 e. The molecule has 0 radical (unpaired) electrons. The molecule has 14 heavy (non-hydrogen) atoms. The van der Waals surface area contributed by atoms with Crippen LogP contribution >= 0.6 is 0 Å². The maximum Gasteiger partial charge on any atom is 0.320 e. The molecule has 5 heteroatoms. The van der Waals surface area contributed by atoms with Gasteiger partial charge in [0.25, 0.3) is 0 Å². The van der Waals surface area contributed by atoms with E-state index in [-0.39, 0.29) is 0 Å². The minimum absolute atomic E-state index is 0.294. The number of hydrogen-bond donors (Lipinski definition) is 0. The lowest BCUT2D eigenvalue weighted by molar-refractivity contribution is 0.0999. The van der Waals surface area contributed by atoms with E-state index in [1.165, 1.54) is 0 Å². The lowest BCUT2D eigenvalue weighted by Gasteiger charge is -1.98. The minimum atomic E-state index is -0.771. The van der Waals surface area contributed by atoms with Crippen molar-refractivity contribution in [2.75, 3.05) is 0 Å². The predicted molar refractivity (Wildman–Crippen MR) is 52.0 cm³/mol. The second kappa shape index (κ2) is 3.95. The van der Waals surface area contributed by atoms with Crippen molar-refractivity contribution in [3.63, 3.8) is 0 Å². The average molecular weight is 193 g/mol. The molecule has 74 valence electrons. The van der Waals surface area contributed by atoms with Crippen LogP contribution in [0.15, 0.2) is 17.8 Å². The first-order chi connectivity index (χ1) is 6.61. The van der Waals surface area contributed by atoms with Gasteiger partial charge in [0.1, 0.15) is 0 Å². The Balaban J connectivity index is 3.30. The van der Waals surface area contributed by atoms with Crippen molar-refractivity contribution in [3.8, 4) is 0 Å². The smallest absolute Gasteiger partial charge is 0.271 e. The molecule has 0 aromatic carbocycles. The van der Waals surface area contributed by atoms with E-state index in [4.69, 9.17) is 0 Å². The fraction of sp³-hybridized carbons (Fsp3) is 0.333. The summed E-state index contributed by atoms with van der Waals surface area (Å²) in [6.45, 7) is 5.24. The molecule has 0 bridgehead atoms. The van der Waals surface area contributed by atoms with Gasteiger partial charge in [-0.3, -0.25) is 9.48 Å². The molecule has 0 saturated carbocycles. The molecular weight excluding hydrogens is 182 g/mol. The van der Waals surface area contributed by atoms with Gasteiger partial charge in [-0.2, -0.15) is 5.10 Å². The third kappa shape index (κ3) is 1.61. The van der Waals surface area contributed by atoms with Crippen LogP contribution in [0, 0.1) is 11.8 Å². The van der Waals surface area contributed by atoms with E-state index in [0.29, 0.717) is 23.4 Å². The molecule has 1 rings (SSSR count). The lowest BCUT2D eigenvalue weighted by atomic mass is 10.1. The van der Waals surface area contributed by atoms with E-state index in [2.05, 4.69) is 16.9 Å². The van der Waals surface area contributed by atoms with Gasteiger partial charge in [0.15, 0.2) is 0 Å². The summed E-state index contributed by atoms with van der Waals surface area (Å²) in [5, 5.41) is 6.45. The van der Waals surface area contributed by atoms with E-state index in [0.717, 1.165) is 0 Å². The van der Waals surface area contributed by atoms with Gasteiger partial charge in [0.05, 0.1) is 17.0 Å². The first-order valence-electron chi connectivity index (χ1n) is 4.12. The fourth-order valence-electron chi connectivity index (χ4n) is 1.40. The van der Waals surface area contributed by atoms with Crippen molar-refractivity contribution in [1.82, 2.24) is 9.78 Å². The largest absolute Gasteiger partial charge is 0.320 e. The Morgan fingerprint density at radius 1 is 1.71 bits per heavy atom. The van der Waals surface area contributed by atoms with Gasteiger partial charge >= 0.3 is 5.91 Å². The van der Waals surface area contributed by atoms with Gasteiger partial charge in [-0.15, -0.1) is 11.5 Å². The summed E-state index contributed by atoms with van der Waals surface area (Å²) in [4.78, 5) is 21.3. The van der Waals surface area contributed by atoms with E-state index in [1.807, 2.05) is 0 Å². The number of rotatable bonds is 3. The molecule has 1 heterocycles. The zero-order chi connectivity index (χ0) is 10.7. The van der Waals surface area contributed by atoms with Crippen LogP contribution < -0.4 is 0 Å². The number of aromatic nitrogens is 2. The number of aryl methyl sites for hydroxylation is 2. The van der Waals surface area contributed by atoms with Crippen molar-refractivity contribution in [1.29, 1.82) is 0 Å². The number of nitroso groups, excluding NO2 is 1. The summed E-state index contributed by atoms with van der Waals surface area (Å²) < 4.78 is 1.56. The molecule has 0 saturated heterocycles. The Kier molecular flexibility index (Phi) is 2.91. The number of nitrogens with zero attached hydrogens (tertiary/aromatic N) is 3. The van der Waals surface area contributed by atoms with Crippen molar-refractivity contribution in [2.24, 2.45) is 12.2 Å². The van der Waals surface area contributed by atoms with E-state index < -0.39 is 5.91 Å². The molecule has 0 N–H and O–H groups in total. The molecule has 0 unspecified atom stereocenters. The Labute approximate surface area is 81.4 Å². The number of carbonyl (C=O) groups is 1. The zero-order valence-corrected chi connectivity index (χ0v) is 8.15. The number of carbonyl (C=O) groups excluding carboxylic acids is 1. The van der Waals surface area contributed by atoms with E-state index >= 15 is 0 Å². The SMILES string of the molecule is C=CCc1c(C(=O)N=O)c(C)nn1C. The van der Waals surface area contributed by atoms with Crippen LogP contribution in [0.2, 0.25) is 0 Å². The maximum absolute atomic E-state index is 11.2. The van der Waals surface area contributed by atoms with Crippen LogP contribution in [0.25, 0.3) is 0 Å². The van der Waals surface area contributed by atoms with Crippen molar-refractivity contribution in [2.45, 2.75) is 13.3 Å². The van der Waals surface area contributed by atoms with Crippen LogP contribution in [-0.4, -0.2) is 15.7 Å². The monoisotopic (exact) mass is 193 g/mol. The molecular formula is C9H11N3O2. The highest BCUT2D eigenvalue weighted by molar-refractivity contribution is 5.97. The Hall–Kier alpha value is -1.78. The Bertz CT molecular complexity index is 393. The maximum atomic E-state index is 11.2. The third-order valence-corrected chi connectivity index (χ3v) is 1.98. The van der Waals surface area contributed by atoms with Gasteiger partial charge in [-0.25, -0.2) is 0 Å². The average Bonchev–Trinajstić information content (AvgIpc) is 2.42. The predicted octanol–water partition coefficient (Wildman–Crippen LogP) is 1.36. The quantitative estimate of drug-likeness (QED) is 0.537. The molecule has 0 aliphatic rings. The fourth-order valence-corrected chi connectivity index (χ4v) is 1.40. The van der Waals surface area contributed by atoms with Gasteiger partial charge in [0.2, 0.25) is 0 Å². The Morgan fingerprint density at radius 2 is 2.36 bits per heavy atom. The molecule has 0 atom stereocenters.